The number of methoxy groups -OCH3 is 1. The molecule has 1 aliphatic carbocycles. The Labute approximate surface area is 153 Å². The Morgan fingerprint density at radius 1 is 1.00 bits per heavy atom. The minimum absolute atomic E-state index is 0.0142. The number of carbonyl (C=O) groups excluding carboxylic acids is 3. The van der Waals surface area contributed by atoms with Gasteiger partial charge in [0.1, 0.15) is 5.75 Å². The molecule has 0 aliphatic heterocycles. The van der Waals surface area contributed by atoms with Crippen LogP contribution in [0.3, 0.4) is 0 Å². The molecule has 0 heterocycles. The largest absolute Gasteiger partial charge is 0.496 e. The molecule has 0 aromatic heterocycles. The molecule has 1 aliphatic rings. The smallest absolute Gasteiger partial charge is 0.241 e. The lowest BCUT2D eigenvalue weighted by Crippen LogP contribution is -2.44. The van der Waals surface area contributed by atoms with Crippen LogP contribution in [0.25, 0.3) is 0 Å². The highest BCUT2D eigenvalue weighted by atomic mass is 16.5. The van der Waals surface area contributed by atoms with E-state index in [0.717, 1.165) is 22.3 Å². The van der Waals surface area contributed by atoms with Gasteiger partial charge in [-0.3, -0.25) is 14.4 Å². The summed E-state index contributed by atoms with van der Waals surface area (Å²) >= 11 is 0. The molecule has 0 bridgehead atoms. The average molecular weight is 356 g/mol. The van der Waals surface area contributed by atoms with Gasteiger partial charge in [-0.15, -0.1) is 0 Å². The van der Waals surface area contributed by atoms with Crippen molar-refractivity contribution in [3.8, 4) is 5.75 Å². The van der Waals surface area contributed by atoms with E-state index in [1.54, 1.807) is 6.92 Å². The molecule has 5 nitrogen and oxygen atoms in total. The topological polar surface area (TPSA) is 69.7 Å². The Kier molecular flexibility index (Phi) is 5.21. The highest BCUT2D eigenvalue weighted by Crippen LogP contribution is 2.39. The summed E-state index contributed by atoms with van der Waals surface area (Å²) in [7, 11) is 1.40. The molecule has 0 saturated carbocycles. The molecule has 138 valence electrons. The molecule has 0 saturated heterocycles. The third-order valence-electron chi connectivity index (χ3n) is 5.14. The zero-order valence-electron chi connectivity index (χ0n) is 16.3. The van der Waals surface area contributed by atoms with Crippen LogP contribution in [0.15, 0.2) is 23.5 Å². The van der Waals surface area contributed by atoms with Gasteiger partial charge in [0.2, 0.25) is 5.60 Å². The Morgan fingerprint density at radius 2 is 1.54 bits per heavy atom. The average Bonchev–Trinajstić information content (AvgIpc) is 2.58. The predicted octanol–water partition coefficient (Wildman–Crippen LogP) is 3.50. The lowest BCUT2D eigenvalue weighted by atomic mass is 9.86. The van der Waals surface area contributed by atoms with Gasteiger partial charge >= 0.3 is 0 Å². The molecule has 1 unspecified atom stereocenters. The highest BCUT2D eigenvalue weighted by Gasteiger charge is 2.44. The van der Waals surface area contributed by atoms with Crippen LogP contribution in [0.4, 0.5) is 0 Å². The second-order valence-corrected chi connectivity index (χ2v) is 6.66. The van der Waals surface area contributed by atoms with Gasteiger partial charge in [-0.1, -0.05) is 0 Å². The Balaban J connectivity index is 2.72. The van der Waals surface area contributed by atoms with Crippen molar-refractivity contribution >= 4 is 17.9 Å². The van der Waals surface area contributed by atoms with Crippen LogP contribution in [-0.4, -0.2) is 30.6 Å². The zero-order valence-corrected chi connectivity index (χ0v) is 16.3. The van der Waals surface area contributed by atoms with E-state index in [9.17, 15) is 14.4 Å². The van der Waals surface area contributed by atoms with E-state index >= 15 is 0 Å². The maximum Gasteiger partial charge on any atom is 0.241 e. The van der Waals surface area contributed by atoms with Crippen LogP contribution in [0.2, 0.25) is 0 Å². The van der Waals surface area contributed by atoms with Gasteiger partial charge < -0.3 is 9.47 Å². The number of Topliss-reactive ketones (excluding diaryl/α,β-unsaturated/α-hetero) is 1. The van der Waals surface area contributed by atoms with Crippen molar-refractivity contribution in [2.24, 2.45) is 0 Å². The fourth-order valence-corrected chi connectivity index (χ4v) is 3.43. The number of ether oxygens (including phenoxy) is 2. The first-order valence-corrected chi connectivity index (χ1v) is 8.36. The summed E-state index contributed by atoms with van der Waals surface area (Å²) in [5.74, 6) is 0.386. The van der Waals surface area contributed by atoms with Gasteiger partial charge in [0.25, 0.3) is 0 Å². The predicted molar refractivity (Wildman–Crippen MR) is 98.7 cm³/mol. The molecule has 0 spiro atoms. The lowest BCUT2D eigenvalue weighted by molar-refractivity contribution is -0.119. The van der Waals surface area contributed by atoms with Crippen molar-refractivity contribution < 1.29 is 23.9 Å². The summed E-state index contributed by atoms with van der Waals surface area (Å²) in [5, 5.41) is 0. The molecule has 0 amide bonds. The molecule has 2 rings (SSSR count). The van der Waals surface area contributed by atoms with Crippen molar-refractivity contribution in [3.05, 3.63) is 51.3 Å². The maximum atomic E-state index is 12.1. The van der Waals surface area contributed by atoms with Crippen LogP contribution >= 0.6 is 0 Å². The van der Waals surface area contributed by atoms with Crippen LogP contribution in [-0.2, 0) is 14.3 Å². The van der Waals surface area contributed by atoms with Crippen LogP contribution in [0, 0.1) is 27.7 Å². The molecular weight excluding hydrogens is 332 g/mol. The third-order valence-corrected chi connectivity index (χ3v) is 5.14. The van der Waals surface area contributed by atoms with Gasteiger partial charge in [-0.05, 0) is 75.4 Å². The van der Waals surface area contributed by atoms with Gasteiger partial charge in [0.15, 0.2) is 23.6 Å². The number of rotatable bonds is 5. The molecule has 1 aromatic carbocycles. The molecule has 0 radical (unpaired) electrons. The van der Waals surface area contributed by atoms with Crippen molar-refractivity contribution in [3.63, 3.8) is 0 Å². The third kappa shape index (κ3) is 2.87. The van der Waals surface area contributed by atoms with Crippen molar-refractivity contribution in [2.75, 3.05) is 7.11 Å². The number of benzene rings is 1. The number of ketones is 2. The number of carbonyl (C=O) groups is 3. The fourth-order valence-electron chi connectivity index (χ4n) is 3.43. The first kappa shape index (κ1) is 19.6. The van der Waals surface area contributed by atoms with Crippen molar-refractivity contribution in [2.45, 2.75) is 47.1 Å². The molecule has 1 atom stereocenters. The van der Waals surface area contributed by atoms with E-state index < -0.39 is 5.60 Å². The first-order valence-electron chi connectivity index (χ1n) is 8.36. The Bertz CT molecular complexity index is 844. The maximum absolute atomic E-state index is 12.1. The van der Waals surface area contributed by atoms with Crippen molar-refractivity contribution in [1.29, 1.82) is 0 Å². The van der Waals surface area contributed by atoms with Gasteiger partial charge in [0, 0.05) is 11.6 Å². The molecule has 26 heavy (non-hydrogen) atoms. The highest BCUT2D eigenvalue weighted by molar-refractivity contribution is 6.04. The van der Waals surface area contributed by atoms with E-state index in [-0.39, 0.29) is 17.3 Å². The molecular formula is C21H24O5. The van der Waals surface area contributed by atoms with Crippen LogP contribution in [0.5, 0.6) is 5.75 Å². The summed E-state index contributed by atoms with van der Waals surface area (Å²) in [6.45, 7) is 10.6. The summed E-state index contributed by atoms with van der Waals surface area (Å²) in [4.78, 5) is 35.9. The number of hydrogen-bond donors (Lipinski definition) is 0. The monoisotopic (exact) mass is 356 g/mol. The van der Waals surface area contributed by atoms with Crippen LogP contribution < -0.4 is 4.74 Å². The van der Waals surface area contributed by atoms with Crippen LogP contribution in [0.1, 0.15) is 46.5 Å². The molecule has 0 N–H and O–H groups in total. The Morgan fingerprint density at radius 3 is 1.96 bits per heavy atom. The summed E-state index contributed by atoms with van der Waals surface area (Å²) in [5.41, 5.74) is 2.79. The SMILES string of the molecule is COC1=CC(=O)C=C(C)C1(C=O)Oc1c(C)c(C)c(C(C)=O)c(C)c1C. The summed E-state index contributed by atoms with van der Waals surface area (Å²) in [6, 6.07) is 0. The zero-order chi connectivity index (χ0) is 19.8. The lowest BCUT2D eigenvalue weighted by Gasteiger charge is -2.35. The fraction of sp³-hybridized carbons (Fsp3) is 0.381. The normalized spacial score (nSPS) is 19.6. The standard InChI is InChI=1S/C21H24O5/c1-11-8-17(24)9-18(25-7)21(11,10-22)26-20-14(4)12(2)19(16(6)23)13(3)15(20)5/h8-10H,1-7H3. The van der Waals surface area contributed by atoms with Crippen molar-refractivity contribution in [1.82, 2.24) is 0 Å². The minimum atomic E-state index is -1.51. The van der Waals surface area contributed by atoms with E-state index in [1.807, 2.05) is 27.7 Å². The second kappa shape index (κ2) is 6.90. The quantitative estimate of drug-likeness (QED) is 0.596. The minimum Gasteiger partial charge on any atom is -0.496 e. The summed E-state index contributed by atoms with van der Waals surface area (Å²) in [6.07, 6.45) is 3.27. The molecule has 1 aromatic rings. The van der Waals surface area contributed by atoms with E-state index in [0.29, 0.717) is 23.2 Å². The Hall–Kier alpha value is -2.69. The van der Waals surface area contributed by atoms with Gasteiger partial charge in [-0.2, -0.15) is 0 Å². The van der Waals surface area contributed by atoms with E-state index in [1.165, 1.54) is 26.2 Å². The summed E-state index contributed by atoms with van der Waals surface area (Å²) < 4.78 is 11.5. The first-order chi connectivity index (χ1) is 12.1. The number of aldehydes is 1. The second-order valence-electron chi connectivity index (χ2n) is 6.66. The van der Waals surface area contributed by atoms with Gasteiger partial charge in [0.05, 0.1) is 7.11 Å². The van der Waals surface area contributed by atoms with Gasteiger partial charge in [-0.25, -0.2) is 0 Å². The number of allylic oxidation sites excluding steroid dienone is 2. The molecule has 5 heteroatoms. The van der Waals surface area contributed by atoms with E-state index in [4.69, 9.17) is 9.47 Å². The number of hydrogen-bond acceptors (Lipinski definition) is 5. The van der Waals surface area contributed by atoms with E-state index in [2.05, 4.69) is 0 Å². The molecule has 0 fully saturated rings.